The molecule has 26 heavy (non-hydrogen) atoms. The molecule has 1 heterocycles. The zero-order valence-corrected chi connectivity index (χ0v) is 17.2. The van der Waals surface area contributed by atoms with Gasteiger partial charge >= 0.3 is 0 Å². The molecule has 0 aliphatic rings. The summed E-state index contributed by atoms with van der Waals surface area (Å²) in [6.45, 7) is 0.879. The summed E-state index contributed by atoms with van der Waals surface area (Å²) >= 11 is 0. The Morgan fingerprint density at radius 3 is 2.46 bits per heavy atom. The minimum Gasteiger partial charge on any atom is -0.497 e. The number of rotatable bonds is 7. The van der Waals surface area contributed by atoms with Gasteiger partial charge in [0, 0.05) is 25.2 Å². The number of carbonyl (C=O) groups is 1. The number of methoxy groups -OCH3 is 2. The Morgan fingerprint density at radius 2 is 1.88 bits per heavy atom. The van der Waals surface area contributed by atoms with Gasteiger partial charge in [0.1, 0.15) is 17.3 Å². The average molecular weight is 474 g/mol. The molecule has 1 aromatic heterocycles. The number of ether oxygens (including phenoxy) is 2. The highest BCUT2D eigenvalue weighted by Crippen LogP contribution is 2.24. The van der Waals surface area contributed by atoms with Crippen molar-refractivity contribution in [1.29, 1.82) is 0 Å². The summed E-state index contributed by atoms with van der Waals surface area (Å²) in [7, 11) is 4.88. The molecule has 0 spiro atoms. The van der Waals surface area contributed by atoms with Crippen LogP contribution in [0.1, 0.15) is 21.9 Å². The summed E-state index contributed by atoms with van der Waals surface area (Å²) in [6.07, 6.45) is 0. The normalized spacial score (nSPS) is 10.7. The van der Waals surface area contributed by atoms with E-state index in [1.165, 1.54) is 6.07 Å². The number of hydrogen-bond donors (Lipinski definition) is 3. The van der Waals surface area contributed by atoms with Crippen LogP contribution in [-0.2, 0) is 13.1 Å². The van der Waals surface area contributed by atoms with Gasteiger partial charge in [0.15, 0.2) is 11.7 Å². The number of nitrogens with two attached hydrogens (primary N) is 1. The van der Waals surface area contributed by atoms with Crippen LogP contribution in [0.25, 0.3) is 0 Å². The Kier molecular flexibility index (Phi) is 8.76. The molecule has 0 radical (unpaired) electrons. The molecule has 9 heteroatoms. The van der Waals surface area contributed by atoms with Gasteiger partial charge in [-0.25, -0.2) is 0 Å². The van der Waals surface area contributed by atoms with Crippen molar-refractivity contribution in [2.24, 2.45) is 10.7 Å². The fourth-order valence-electron chi connectivity index (χ4n) is 2.17. The molecule has 0 saturated carbocycles. The van der Waals surface area contributed by atoms with Gasteiger partial charge in [-0.3, -0.25) is 9.79 Å². The van der Waals surface area contributed by atoms with Crippen molar-refractivity contribution in [2.45, 2.75) is 13.1 Å². The maximum Gasteiger partial charge on any atom is 0.284 e. The second-order valence-corrected chi connectivity index (χ2v) is 5.09. The summed E-state index contributed by atoms with van der Waals surface area (Å²) in [5.41, 5.74) is 6.12. The van der Waals surface area contributed by atoms with E-state index >= 15 is 0 Å². The summed E-state index contributed by atoms with van der Waals surface area (Å²) in [5.74, 6) is 2.14. The number of furan rings is 1. The van der Waals surface area contributed by atoms with Crippen LogP contribution in [0.5, 0.6) is 11.5 Å². The van der Waals surface area contributed by atoms with Crippen LogP contribution in [-0.4, -0.2) is 33.1 Å². The Bertz CT molecular complexity index is 761. The van der Waals surface area contributed by atoms with Gasteiger partial charge in [-0.1, -0.05) is 0 Å². The molecule has 8 nitrogen and oxygen atoms in total. The van der Waals surface area contributed by atoms with Crippen molar-refractivity contribution in [3.63, 3.8) is 0 Å². The minimum absolute atomic E-state index is 0. The van der Waals surface area contributed by atoms with Crippen LogP contribution < -0.4 is 25.8 Å². The van der Waals surface area contributed by atoms with E-state index in [1.807, 2.05) is 18.2 Å². The van der Waals surface area contributed by atoms with E-state index in [0.717, 1.165) is 17.1 Å². The lowest BCUT2D eigenvalue weighted by atomic mass is 10.2. The molecule has 1 aromatic carbocycles. The average Bonchev–Trinajstić information content (AvgIpc) is 3.11. The predicted octanol–water partition coefficient (Wildman–Crippen LogP) is 1.88. The number of carbonyl (C=O) groups excluding carboxylic acids is 1. The lowest BCUT2D eigenvalue weighted by molar-refractivity contribution is 0.0972. The van der Waals surface area contributed by atoms with E-state index in [1.54, 1.807) is 27.3 Å². The first-order valence-electron chi connectivity index (χ1n) is 7.61. The summed E-state index contributed by atoms with van der Waals surface area (Å²) in [4.78, 5) is 15.2. The second-order valence-electron chi connectivity index (χ2n) is 5.09. The highest BCUT2D eigenvalue weighted by atomic mass is 127. The number of primary amides is 1. The molecule has 1 amide bonds. The summed E-state index contributed by atoms with van der Waals surface area (Å²) in [5, 5.41) is 6.28. The molecule has 0 saturated heterocycles. The number of amides is 1. The SMILES string of the molecule is CN=C(NCc1ccc(C(N)=O)o1)NCc1ccc(OC)cc1OC.I. The van der Waals surface area contributed by atoms with Gasteiger partial charge in [-0.15, -0.1) is 24.0 Å². The molecule has 0 bridgehead atoms. The van der Waals surface area contributed by atoms with Gasteiger partial charge in [-0.05, 0) is 24.3 Å². The van der Waals surface area contributed by atoms with Crippen LogP contribution in [0.4, 0.5) is 0 Å². The Hall–Kier alpha value is -2.43. The Labute approximate surface area is 169 Å². The first-order valence-corrected chi connectivity index (χ1v) is 7.61. The maximum absolute atomic E-state index is 11.0. The fourth-order valence-corrected chi connectivity index (χ4v) is 2.17. The Balaban J connectivity index is 0.00000338. The van der Waals surface area contributed by atoms with Crippen LogP contribution in [0.15, 0.2) is 39.7 Å². The monoisotopic (exact) mass is 474 g/mol. The first kappa shape index (κ1) is 21.6. The van der Waals surface area contributed by atoms with Crippen LogP contribution in [0.3, 0.4) is 0 Å². The van der Waals surface area contributed by atoms with Crippen molar-refractivity contribution < 1.29 is 18.7 Å². The Morgan fingerprint density at radius 1 is 1.15 bits per heavy atom. The third-order valence-corrected chi connectivity index (χ3v) is 3.50. The molecular formula is C17H23IN4O4. The third-order valence-electron chi connectivity index (χ3n) is 3.50. The lowest BCUT2D eigenvalue weighted by Gasteiger charge is -2.14. The zero-order chi connectivity index (χ0) is 18.2. The van der Waals surface area contributed by atoms with Crippen LogP contribution in [0.2, 0.25) is 0 Å². The molecule has 2 aromatic rings. The number of aliphatic imine (C=N–C) groups is 1. The molecule has 0 aliphatic carbocycles. The summed E-state index contributed by atoms with van der Waals surface area (Å²) in [6, 6.07) is 8.83. The highest BCUT2D eigenvalue weighted by molar-refractivity contribution is 14.0. The van der Waals surface area contributed by atoms with Crippen molar-refractivity contribution in [3.8, 4) is 11.5 Å². The van der Waals surface area contributed by atoms with Crippen molar-refractivity contribution >= 4 is 35.8 Å². The van der Waals surface area contributed by atoms with Gasteiger partial charge in [-0.2, -0.15) is 0 Å². The van der Waals surface area contributed by atoms with E-state index in [9.17, 15) is 4.79 Å². The zero-order valence-electron chi connectivity index (χ0n) is 14.9. The standard InChI is InChI=1S/C17H22N4O4.HI/c1-19-17(21-10-13-6-7-14(25-13)16(18)22)20-9-11-4-5-12(23-2)8-15(11)24-3;/h4-8H,9-10H2,1-3H3,(H2,18,22)(H2,19,20,21);1H. The molecule has 0 atom stereocenters. The molecular weight excluding hydrogens is 451 g/mol. The first-order chi connectivity index (χ1) is 12.1. The third kappa shape index (κ3) is 5.83. The molecule has 2 rings (SSSR count). The van der Waals surface area contributed by atoms with Crippen LogP contribution in [0, 0.1) is 0 Å². The smallest absolute Gasteiger partial charge is 0.284 e. The van der Waals surface area contributed by atoms with Crippen molar-refractivity contribution in [3.05, 3.63) is 47.4 Å². The number of guanidine groups is 1. The lowest BCUT2D eigenvalue weighted by Crippen LogP contribution is -2.36. The molecule has 0 fully saturated rings. The van der Waals surface area contributed by atoms with Crippen molar-refractivity contribution in [1.82, 2.24) is 10.6 Å². The number of hydrogen-bond acceptors (Lipinski definition) is 5. The molecule has 0 aliphatic heterocycles. The quantitative estimate of drug-likeness (QED) is 0.321. The fraction of sp³-hybridized carbons (Fsp3) is 0.294. The molecule has 4 N–H and O–H groups in total. The van der Waals surface area contributed by atoms with Gasteiger partial charge < -0.3 is 30.3 Å². The van der Waals surface area contributed by atoms with E-state index in [2.05, 4.69) is 15.6 Å². The van der Waals surface area contributed by atoms with Gasteiger partial charge in [0.2, 0.25) is 0 Å². The van der Waals surface area contributed by atoms with E-state index < -0.39 is 5.91 Å². The highest BCUT2D eigenvalue weighted by Gasteiger charge is 2.09. The van der Waals surface area contributed by atoms with E-state index in [-0.39, 0.29) is 29.7 Å². The van der Waals surface area contributed by atoms with Gasteiger partial charge in [0.05, 0.1) is 20.8 Å². The number of halogens is 1. The topological polar surface area (TPSA) is 111 Å². The predicted molar refractivity (Wildman–Crippen MR) is 109 cm³/mol. The molecule has 142 valence electrons. The second kappa shape index (κ2) is 10.5. The molecule has 0 unspecified atom stereocenters. The largest absolute Gasteiger partial charge is 0.497 e. The van der Waals surface area contributed by atoms with E-state index in [0.29, 0.717) is 24.8 Å². The van der Waals surface area contributed by atoms with Crippen molar-refractivity contribution in [2.75, 3.05) is 21.3 Å². The van der Waals surface area contributed by atoms with Gasteiger partial charge in [0.25, 0.3) is 5.91 Å². The number of benzene rings is 1. The number of nitrogens with zero attached hydrogens (tertiary/aromatic N) is 1. The van der Waals surface area contributed by atoms with Crippen LogP contribution >= 0.6 is 24.0 Å². The summed E-state index contributed by atoms with van der Waals surface area (Å²) < 4.78 is 15.9. The minimum atomic E-state index is -0.597. The number of nitrogens with one attached hydrogen (secondary N) is 2. The van der Waals surface area contributed by atoms with E-state index in [4.69, 9.17) is 19.6 Å². The maximum atomic E-state index is 11.0.